The van der Waals surface area contributed by atoms with Crippen LogP contribution in [0.2, 0.25) is 0 Å². The number of nitrogen functional groups attached to an aromatic ring is 1. The first kappa shape index (κ1) is 28.4. The molecule has 0 unspecified atom stereocenters. The van der Waals surface area contributed by atoms with Crippen LogP contribution in [0.15, 0.2) is 85.1 Å². The van der Waals surface area contributed by atoms with E-state index < -0.39 is 0 Å². The number of fused-ring (bicyclic) bond motifs is 1. The van der Waals surface area contributed by atoms with Crippen LogP contribution in [0, 0.1) is 0 Å². The fourth-order valence-electron chi connectivity index (χ4n) is 5.31. The van der Waals surface area contributed by atoms with Crippen molar-refractivity contribution >= 4 is 23.1 Å². The maximum atomic E-state index is 12.2. The third-order valence-electron chi connectivity index (χ3n) is 7.76. The summed E-state index contributed by atoms with van der Waals surface area (Å²) in [6, 6.07) is 26.1. The highest BCUT2D eigenvalue weighted by molar-refractivity contribution is 5.84. The SMILES string of the molecule is CCCCOC(=O)N1CCC(OCc2ccc(-n3c(-c4cccnc4N)nc4ccc(-c5ccccc5)nc43)cc2)CC1. The number of benzene rings is 2. The first-order chi connectivity index (χ1) is 21.1. The molecule has 1 amide bonds. The molecule has 5 aromatic rings. The molecule has 1 aliphatic heterocycles. The van der Waals surface area contributed by atoms with Gasteiger partial charge in [0.25, 0.3) is 0 Å². The molecule has 0 saturated carbocycles. The van der Waals surface area contributed by atoms with Crippen molar-refractivity contribution in [3.8, 4) is 28.3 Å². The number of hydrogen-bond donors (Lipinski definition) is 1. The molecular weight excluding hydrogens is 540 g/mol. The topological polar surface area (TPSA) is 108 Å². The summed E-state index contributed by atoms with van der Waals surface area (Å²) in [6.45, 7) is 4.37. The van der Waals surface area contributed by atoms with Crippen molar-refractivity contribution in [1.29, 1.82) is 0 Å². The molecule has 1 fully saturated rings. The summed E-state index contributed by atoms with van der Waals surface area (Å²) in [7, 11) is 0. The van der Waals surface area contributed by atoms with Gasteiger partial charge in [0, 0.05) is 30.5 Å². The lowest BCUT2D eigenvalue weighted by molar-refractivity contribution is -0.00329. The normalized spacial score (nSPS) is 13.8. The first-order valence-corrected chi connectivity index (χ1v) is 14.9. The molecule has 1 saturated heterocycles. The number of hydrogen-bond acceptors (Lipinski definition) is 7. The Morgan fingerprint density at radius 1 is 0.953 bits per heavy atom. The summed E-state index contributed by atoms with van der Waals surface area (Å²) < 4.78 is 13.6. The summed E-state index contributed by atoms with van der Waals surface area (Å²) in [6.07, 6.45) is 5.07. The third kappa shape index (κ3) is 6.36. The Balaban J connectivity index is 1.20. The van der Waals surface area contributed by atoms with E-state index >= 15 is 0 Å². The van der Waals surface area contributed by atoms with E-state index in [1.54, 1.807) is 11.1 Å². The lowest BCUT2D eigenvalue weighted by Gasteiger charge is -2.31. The largest absolute Gasteiger partial charge is 0.449 e. The lowest BCUT2D eigenvalue weighted by atomic mass is 10.1. The van der Waals surface area contributed by atoms with E-state index in [-0.39, 0.29) is 12.2 Å². The van der Waals surface area contributed by atoms with Crippen LogP contribution in [-0.2, 0) is 16.1 Å². The van der Waals surface area contributed by atoms with Crippen LogP contribution in [0.4, 0.5) is 10.6 Å². The minimum atomic E-state index is -0.215. The monoisotopic (exact) mass is 576 g/mol. The van der Waals surface area contributed by atoms with Gasteiger partial charge < -0.3 is 20.1 Å². The Hall–Kier alpha value is -4.76. The van der Waals surface area contributed by atoms with Gasteiger partial charge in [0.2, 0.25) is 0 Å². The Morgan fingerprint density at radius 2 is 1.74 bits per heavy atom. The molecule has 220 valence electrons. The summed E-state index contributed by atoms with van der Waals surface area (Å²) >= 11 is 0. The maximum Gasteiger partial charge on any atom is 0.409 e. The molecule has 0 spiro atoms. The molecule has 4 heterocycles. The number of unbranched alkanes of at least 4 members (excludes halogenated alkanes) is 1. The van der Waals surface area contributed by atoms with Gasteiger partial charge >= 0.3 is 6.09 Å². The summed E-state index contributed by atoms with van der Waals surface area (Å²) in [4.78, 5) is 28.3. The third-order valence-corrected chi connectivity index (χ3v) is 7.76. The first-order valence-electron chi connectivity index (χ1n) is 14.9. The lowest BCUT2D eigenvalue weighted by Crippen LogP contribution is -2.41. The molecule has 1 aliphatic rings. The van der Waals surface area contributed by atoms with Crippen molar-refractivity contribution in [2.45, 2.75) is 45.3 Å². The van der Waals surface area contributed by atoms with Crippen molar-refractivity contribution in [1.82, 2.24) is 24.4 Å². The zero-order valence-corrected chi connectivity index (χ0v) is 24.4. The number of likely N-dealkylation sites (tertiary alicyclic amines) is 1. The molecular formula is C34H36N6O3. The zero-order valence-electron chi connectivity index (χ0n) is 24.4. The number of nitrogens with two attached hydrogens (primary N) is 1. The molecule has 43 heavy (non-hydrogen) atoms. The van der Waals surface area contributed by atoms with Gasteiger partial charge in [-0.3, -0.25) is 4.57 Å². The average molecular weight is 577 g/mol. The van der Waals surface area contributed by atoms with Gasteiger partial charge in [0.1, 0.15) is 11.3 Å². The zero-order chi connectivity index (χ0) is 29.6. The van der Waals surface area contributed by atoms with Crippen LogP contribution in [0.5, 0.6) is 0 Å². The highest BCUT2D eigenvalue weighted by atomic mass is 16.6. The standard InChI is InChI=1S/C34H36N6O3/c1-2-3-22-42-34(41)39-20-17-27(18-21-39)43-23-24-11-13-26(14-12-24)40-32(28-10-7-19-36-31(28)35)38-30-16-15-29(37-33(30)40)25-8-5-4-6-9-25/h4-16,19,27H,2-3,17-18,20-23H2,1H3,(H2,35,36). The van der Waals surface area contributed by atoms with E-state index in [2.05, 4.69) is 36.2 Å². The van der Waals surface area contributed by atoms with Crippen LogP contribution in [-0.4, -0.2) is 56.3 Å². The molecule has 2 aromatic carbocycles. The van der Waals surface area contributed by atoms with Crippen molar-refractivity contribution in [3.63, 3.8) is 0 Å². The molecule has 0 bridgehead atoms. The van der Waals surface area contributed by atoms with E-state index in [9.17, 15) is 4.79 Å². The van der Waals surface area contributed by atoms with Crippen molar-refractivity contribution in [2.75, 3.05) is 25.4 Å². The molecule has 2 N–H and O–H groups in total. The fraction of sp³-hybridized carbons (Fsp3) is 0.294. The smallest absolute Gasteiger partial charge is 0.409 e. The summed E-state index contributed by atoms with van der Waals surface area (Å²) in [5, 5.41) is 0. The molecule has 0 atom stereocenters. The predicted molar refractivity (Wildman–Crippen MR) is 168 cm³/mol. The number of pyridine rings is 2. The van der Waals surface area contributed by atoms with Gasteiger partial charge in [-0.05, 0) is 61.2 Å². The molecule has 0 radical (unpaired) electrons. The number of amides is 1. The van der Waals surface area contributed by atoms with Gasteiger partial charge in [-0.15, -0.1) is 0 Å². The van der Waals surface area contributed by atoms with E-state index in [0.717, 1.165) is 64.9 Å². The van der Waals surface area contributed by atoms with E-state index in [4.69, 9.17) is 25.2 Å². The minimum Gasteiger partial charge on any atom is -0.449 e. The van der Waals surface area contributed by atoms with Gasteiger partial charge in [-0.2, -0.15) is 0 Å². The predicted octanol–water partition coefficient (Wildman–Crippen LogP) is 6.65. The quantitative estimate of drug-likeness (QED) is 0.196. The Labute approximate surface area is 251 Å². The average Bonchev–Trinajstić information content (AvgIpc) is 3.43. The second-order valence-electron chi connectivity index (χ2n) is 10.7. The van der Waals surface area contributed by atoms with Crippen molar-refractivity contribution in [3.05, 3.63) is 90.6 Å². The van der Waals surface area contributed by atoms with Crippen molar-refractivity contribution < 1.29 is 14.3 Å². The van der Waals surface area contributed by atoms with Crippen molar-refractivity contribution in [2.24, 2.45) is 0 Å². The van der Waals surface area contributed by atoms with E-state index in [0.29, 0.717) is 37.9 Å². The van der Waals surface area contributed by atoms with Gasteiger partial charge in [-0.25, -0.2) is 19.7 Å². The van der Waals surface area contributed by atoms with Crippen LogP contribution < -0.4 is 5.73 Å². The number of nitrogens with zero attached hydrogens (tertiary/aromatic N) is 5. The van der Waals surface area contributed by atoms with Gasteiger partial charge in [-0.1, -0.05) is 55.8 Å². The van der Waals surface area contributed by atoms with E-state index in [1.165, 1.54) is 0 Å². The summed E-state index contributed by atoms with van der Waals surface area (Å²) in [5.41, 5.74) is 12.4. The second-order valence-corrected chi connectivity index (χ2v) is 10.7. The summed E-state index contributed by atoms with van der Waals surface area (Å²) in [5.74, 6) is 1.09. The number of piperidine rings is 1. The Bertz CT molecular complexity index is 1680. The highest BCUT2D eigenvalue weighted by Crippen LogP contribution is 2.32. The number of anilines is 1. The Morgan fingerprint density at radius 3 is 2.49 bits per heavy atom. The molecule has 0 aliphatic carbocycles. The molecule has 6 rings (SSSR count). The molecule has 3 aromatic heterocycles. The highest BCUT2D eigenvalue weighted by Gasteiger charge is 2.24. The number of carbonyl (C=O) groups excluding carboxylic acids is 1. The number of ether oxygens (including phenoxy) is 2. The number of imidazole rings is 1. The Kier molecular flexibility index (Phi) is 8.60. The number of aromatic nitrogens is 4. The fourth-order valence-corrected chi connectivity index (χ4v) is 5.31. The van der Waals surface area contributed by atoms with Crippen LogP contribution in [0.1, 0.15) is 38.2 Å². The van der Waals surface area contributed by atoms with Crippen LogP contribution in [0.3, 0.4) is 0 Å². The maximum absolute atomic E-state index is 12.2. The van der Waals surface area contributed by atoms with Gasteiger partial charge in [0.05, 0.1) is 30.6 Å². The van der Waals surface area contributed by atoms with E-state index in [1.807, 2.05) is 59.2 Å². The van der Waals surface area contributed by atoms with Crippen LogP contribution in [0.25, 0.3) is 39.5 Å². The minimum absolute atomic E-state index is 0.109. The van der Waals surface area contributed by atoms with Crippen LogP contribution >= 0.6 is 0 Å². The van der Waals surface area contributed by atoms with Gasteiger partial charge in [0.15, 0.2) is 11.5 Å². The molecule has 9 nitrogen and oxygen atoms in total. The molecule has 9 heteroatoms. The number of carbonyl (C=O) groups is 1. The second kappa shape index (κ2) is 13.0. The number of rotatable bonds is 9.